The van der Waals surface area contributed by atoms with Crippen LogP contribution in [0.15, 0.2) is 53.4 Å². The van der Waals surface area contributed by atoms with Gasteiger partial charge < -0.3 is 19.9 Å². The van der Waals surface area contributed by atoms with Crippen molar-refractivity contribution >= 4 is 56.4 Å². The Labute approximate surface area is 215 Å². The van der Waals surface area contributed by atoms with Crippen LogP contribution >= 0.6 is 27.5 Å². The first-order valence-electron chi connectivity index (χ1n) is 11.0. The number of nitrogens with zero attached hydrogens (tertiary/aromatic N) is 6. The summed E-state index contributed by atoms with van der Waals surface area (Å²) in [4.78, 5) is 29.2. The van der Waals surface area contributed by atoms with Gasteiger partial charge >= 0.3 is 0 Å². The predicted molar refractivity (Wildman–Crippen MR) is 140 cm³/mol. The van der Waals surface area contributed by atoms with Crippen LogP contribution in [0.2, 0.25) is 5.02 Å². The zero-order chi connectivity index (χ0) is 24.5. The molecular formula is C24H23BrClN7O2. The largest absolute Gasteiger partial charge is 0.494 e. The minimum absolute atomic E-state index is 0.112. The molecule has 1 fully saturated rings. The molecule has 35 heavy (non-hydrogen) atoms. The molecule has 0 atom stereocenters. The molecule has 11 heteroatoms. The van der Waals surface area contributed by atoms with E-state index in [0.717, 1.165) is 40.3 Å². The van der Waals surface area contributed by atoms with E-state index in [-0.39, 0.29) is 5.91 Å². The molecule has 1 aliphatic heterocycles. The van der Waals surface area contributed by atoms with Crippen LogP contribution in [0.1, 0.15) is 6.92 Å². The van der Waals surface area contributed by atoms with Crippen LogP contribution in [0.25, 0.3) is 17.0 Å². The van der Waals surface area contributed by atoms with Crippen molar-refractivity contribution in [3.8, 4) is 17.1 Å². The van der Waals surface area contributed by atoms with Crippen molar-refractivity contribution in [1.29, 1.82) is 0 Å². The molecule has 0 spiro atoms. The number of pyridine rings is 1. The van der Waals surface area contributed by atoms with Crippen molar-refractivity contribution < 1.29 is 9.53 Å². The van der Waals surface area contributed by atoms with Gasteiger partial charge in [0.25, 0.3) is 0 Å². The summed E-state index contributed by atoms with van der Waals surface area (Å²) in [5, 5.41) is 3.67. The normalized spacial score (nSPS) is 13.8. The Morgan fingerprint density at radius 1 is 1.11 bits per heavy atom. The fourth-order valence-electron chi connectivity index (χ4n) is 4.12. The number of aromatic nitrogens is 4. The monoisotopic (exact) mass is 555 g/mol. The molecule has 0 saturated carbocycles. The van der Waals surface area contributed by atoms with E-state index in [1.54, 1.807) is 26.4 Å². The Morgan fingerprint density at radius 2 is 1.91 bits per heavy atom. The molecule has 3 aromatic heterocycles. The number of hydrogen-bond donors (Lipinski definition) is 1. The Hall–Kier alpha value is -3.37. The van der Waals surface area contributed by atoms with Crippen molar-refractivity contribution in [1.82, 2.24) is 24.3 Å². The van der Waals surface area contributed by atoms with Crippen molar-refractivity contribution in [2.75, 3.05) is 43.5 Å². The number of carbonyl (C=O) groups excluding carboxylic acids is 1. The van der Waals surface area contributed by atoms with Gasteiger partial charge in [0.1, 0.15) is 17.1 Å². The molecule has 0 radical (unpaired) electrons. The number of fused-ring (bicyclic) bond motifs is 1. The molecule has 9 nitrogen and oxygen atoms in total. The van der Waals surface area contributed by atoms with Gasteiger partial charge in [0.15, 0.2) is 0 Å². The lowest BCUT2D eigenvalue weighted by atomic mass is 10.2. The van der Waals surface area contributed by atoms with Crippen LogP contribution in [-0.2, 0) is 4.79 Å². The minimum atomic E-state index is 0.112. The predicted octanol–water partition coefficient (Wildman–Crippen LogP) is 4.63. The van der Waals surface area contributed by atoms with Crippen LogP contribution in [0.3, 0.4) is 0 Å². The van der Waals surface area contributed by atoms with Gasteiger partial charge in [-0.1, -0.05) is 11.6 Å². The number of halogens is 2. The lowest BCUT2D eigenvalue weighted by Gasteiger charge is -2.35. The third kappa shape index (κ3) is 4.76. The van der Waals surface area contributed by atoms with Crippen LogP contribution in [0.4, 0.5) is 17.3 Å². The van der Waals surface area contributed by atoms with Crippen LogP contribution < -0.4 is 15.0 Å². The molecule has 4 aromatic rings. The van der Waals surface area contributed by atoms with E-state index in [1.807, 2.05) is 45.8 Å². The summed E-state index contributed by atoms with van der Waals surface area (Å²) in [5.41, 5.74) is 3.86. The van der Waals surface area contributed by atoms with Gasteiger partial charge in [0.05, 0.1) is 35.9 Å². The van der Waals surface area contributed by atoms with Gasteiger partial charge in [0, 0.05) is 55.5 Å². The lowest BCUT2D eigenvalue weighted by Crippen LogP contribution is -2.48. The molecule has 1 amide bonds. The zero-order valence-corrected chi connectivity index (χ0v) is 21.5. The highest BCUT2D eigenvalue weighted by atomic mass is 79.9. The Bertz CT molecular complexity index is 1400. The van der Waals surface area contributed by atoms with E-state index in [9.17, 15) is 4.79 Å². The molecule has 180 valence electrons. The molecule has 1 aliphatic rings. The number of ether oxygens (including phenoxy) is 1. The standard InChI is InChI=1S/C24H23BrClN7O2/c1-15(34)31-7-9-32(10-8-31)17-4-5-19(21(11-17)35-2)29-24-28-12-18(26)23(30-24)20-13-27-22-6-3-16(25)14-33(20)22/h3-6,11-14H,7-10H2,1-2H3,(H,28,29,30). The average Bonchev–Trinajstić information content (AvgIpc) is 3.28. The number of nitrogens with one attached hydrogen (secondary N) is 1. The second kappa shape index (κ2) is 9.71. The number of rotatable bonds is 5. The lowest BCUT2D eigenvalue weighted by molar-refractivity contribution is -0.129. The highest BCUT2D eigenvalue weighted by Gasteiger charge is 2.20. The van der Waals surface area contributed by atoms with Crippen LogP contribution in [0, 0.1) is 0 Å². The number of anilines is 3. The first-order chi connectivity index (χ1) is 16.9. The van der Waals surface area contributed by atoms with Gasteiger partial charge in [-0.25, -0.2) is 15.0 Å². The number of amides is 1. The molecular weight excluding hydrogens is 534 g/mol. The molecule has 5 rings (SSSR count). The number of carbonyl (C=O) groups is 1. The topological polar surface area (TPSA) is 87.9 Å². The van der Waals surface area contributed by atoms with E-state index >= 15 is 0 Å². The van der Waals surface area contributed by atoms with Gasteiger partial charge in [-0.15, -0.1) is 0 Å². The summed E-state index contributed by atoms with van der Waals surface area (Å²) in [7, 11) is 1.63. The number of imidazole rings is 1. The highest BCUT2D eigenvalue weighted by molar-refractivity contribution is 9.10. The summed E-state index contributed by atoms with van der Waals surface area (Å²) < 4.78 is 8.49. The van der Waals surface area contributed by atoms with Gasteiger partial charge in [0.2, 0.25) is 11.9 Å². The fraction of sp³-hybridized carbons (Fsp3) is 0.250. The van der Waals surface area contributed by atoms with Crippen molar-refractivity contribution in [3.05, 3.63) is 58.4 Å². The summed E-state index contributed by atoms with van der Waals surface area (Å²) in [6.45, 7) is 4.57. The molecule has 0 unspecified atom stereocenters. The zero-order valence-electron chi connectivity index (χ0n) is 19.2. The van der Waals surface area contributed by atoms with Gasteiger partial charge in [-0.2, -0.15) is 0 Å². The summed E-state index contributed by atoms with van der Waals surface area (Å²) >= 11 is 9.96. The quantitative estimate of drug-likeness (QED) is 0.384. The number of benzene rings is 1. The first-order valence-corrected chi connectivity index (χ1v) is 12.2. The summed E-state index contributed by atoms with van der Waals surface area (Å²) in [6.07, 6.45) is 5.22. The van der Waals surface area contributed by atoms with E-state index in [0.29, 0.717) is 35.5 Å². The highest BCUT2D eigenvalue weighted by Crippen LogP contribution is 2.33. The molecule has 1 saturated heterocycles. The van der Waals surface area contributed by atoms with E-state index < -0.39 is 0 Å². The maximum absolute atomic E-state index is 11.6. The van der Waals surface area contributed by atoms with E-state index in [2.05, 4.69) is 41.1 Å². The second-order valence-corrected chi connectivity index (χ2v) is 9.43. The third-order valence-electron chi connectivity index (χ3n) is 5.98. The number of piperazine rings is 1. The second-order valence-electron chi connectivity index (χ2n) is 8.11. The SMILES string of the molecule is COc1cc(N2CCN(C(C)=O)CC2)ccc1Nc1ncc(Cl)c(-c2cnc3ccc(Br)cn23)n1. The molecule has 1 aromatic carbocycles. The van der Waals surface area contributed by atoms with Crippen LogP contribution in [0.5, 0.6) is 5.75 Å². The fourth-order valence-corrected chi connectivity index (χ4v) is 4.64. The maximum atomic E-state index is 11.6. The van der Waals surface area contributed by atoms with E-state index in [1.165, 1.54) is 0 Å². The Morgan fingerprint density at radius 3 is 2.66 bits per heavy atom. The van der Waals surface area contributed by atoms with Crippen LogP contribution in [-0.4, -0.2) is 63.4 Å². The third-order valence-corrected chi connectivity index (χ3v) is 6.72. The maximum Gasteiger partial charge on any atom is 0.227 e. The van der Waals surface area contributed by atoms with Gasteiger partial charge in [-0.05, 0) is 40.2 Å². The smallest absolute Gasteiger partial charge is 0.227 e. The summed E-state index contributed by atoms with van der Waals surface area (Å²) in [5.74, 6) is 1.16. The molecule has 1 N–H and O–H groups in total. The van der Waals surface area contributed by atoms with Crippen molar-refractivity contribution in [3.63, 3.8) is 0 Å². The average molecular weight is 557 g/mol. The minimum Gasteiger partial charge on any atom is -0.494 e. The first kappa shape index (κ1) is 23.4. The number of hydrogen-bond acceptors (Lipinski definition) is 7. The summed E-state index contributed by atoms with van der Waals surface area (Å²) in [6, 6.07) is 9.78. The Balaban J connectivity index is 1.40. The van der Waals surface area contributed by atoms with Crippen molar-refractivity contribution in [2.24, 2.45) is 0 Å². The Kier molecular flexibility index (Phi) is 6.48. The van der Waals surface area contributed by atoms with Crippen molar-refractivity contribution in [2.45, 2.75) is 6.92 Å². The van der Waals surface area contributed by atoms with Gasteiger partial charge in [-0.3, -0.25) is 9.20 Å². The number of methoxy groups -OCH3 is 1. The molecule has 0 aliphatic carbocycles. The molecule has 4 heterocycles. The molecule has 0 bridgehead atoms. The van der Waals surface area contributed by atoms with E-state index in [4.69, 9.17) is 16.3 Å².